The van der Waals surface area contributed by atoms with Gasteiger partial charge in [0, 0.05) is 5.56 Å². The molecule has 0 bridgehead atoms. The summed E-state index contributed by atoms with van der Waals surface area (Å²) < 4.78 is 35.3. The number of hydrogen-bond acceptors (Lipinski definition) is 1. The molecule has 0 saturated carbocycles. The maximum Gasteiger partial charge on any atom is 1.00 e. The molecule has 1 aromatic carbocycles. The second-order valence-electron chi connectivity index (χ2n) is 2.54. The molecule has 0 aromatic heterocycles. The van der Waals surface area contributed by atoms with Crippen molar-refractivity contribution in [3.63, 3.8) is 0 Å². The normalized spacial score (nSPS) is 11.4. The zero-order chi connectivity index (χ0) is 9.90. The Labute approximate surface area is 122 Å². The van der Waals surface area contributed by atoms with Crippen LogP contribution in [0.5, 0.6) is 5.75 Å². The third kappa shape index (κ3) is 5.21. The van der Waals surface area contributed by atoms with Crippen LogP contribution in [0.2, 0.25) is 0 Å². The monoisotopic (exact) mass is 226 g/mol. The molecule has 0 amide bonds. The van der Waals surface area contributed by atoms with Crippen molar-refractivity contribution in [2.75, 3.05) is 0 Å². The zero-order valence-corrected chi connectivity index (χ0v) is 10.7. The van der Waals surface area contributed by atoms with Gasteiger partial charge < -0.3 is 18.1 Å². The SMILES string of the molecule is Oc1ccccc1/C=C/[B-](F)(F)F.[K+]. The number of benzene rings is 1. The molecule has 0 radical (unpaired) electrons. The molecule has 1 aromatic rings. The molecule has 0 atom stereocenters. The fourth-order valence-electron chi connectivity index (χ4n) is 0.841. The summed E-state index contributed by atoms with van der Waals surface area (Å²) in [6, 6.07) is 5.85. The van der Waals surface area contributed by atoms with Crippen molar-refractivity contribution in [2.24, 2.45) is 0 Å². The first-order valence-electron chi connectivity index (χ1n) is 3.66. The summed E-state index contributed by atoms with van der Waals surface area (Å²) in [5.41, 5.74) is 0.168. The number of aromatic hydroxyl groups is 1. The van der Waals surface area contributed by atoms with Crippen LogP contribution in [0.3, 0.4) is 0 Å². The molecule has 1 rings (SSSR count). The molecule has 0 aliphatic heterocycles. The maximum atomic E-state index is 11.8. The fourth-order valence-corrected chi connectivity index (χ4v) is 0.841. The molecule has 1 N–H and O–H groups in total. The Morgan fingerprint density at radius 3 is 2.21 bits per heavy atom. The Bertz CT molecular complexity index is 325. The first-order chi connectivity index (χ1) is 5.99. The second kappa shape index (κ2) is 5.97. The van der Waals surface area contributed by atoms with Crippen LogP contribution in [0.15, 0.2) is 30.2 Å². The van der Waals surface area contributed by atoms with Crippen LogP contribution in [0.1, 0.15) is 5.56 Å². The maximum absolute atomic E-state index is 11.8. The van der Waals surface area contributed by atoms with Gasteiger partial charge in [-0.2, -0.15) is 0 Å². The van der Waals surface area contributed by atoms with E-state index in [1.165, 1.54) is 12.1 Å². The molecule has 0 aliphatic rings. The number of rotatable bonds is 2. The van der Waals surface area contributed by atoms with Gasteiger partial charge in [-0.25, -0.2) is 0 Å². The topological polar surface area (TPSA) is 20.2 Å². The van der Waals surface area contributed by atoms with Crippen LogP contribution in [-0.2, 0) is 0 Å². The molecule has 0 fully saturated rings. The van der Waals surface area contributed by atoms with Crippen LogP contribution in [0.4, 0.5) is 12.9 Å². The van der Waals surface area contributed by atoms with Gasteiger partial charge in [0.1, 0.15) is 5.75 Å². The van der Waals surface area contributed by atoms with Gasteiger partial charge in [0.15, 0.2) is 0 Å². The van der Waals surface area contributed by atoms with E-state index >= 15 is 0 Å². The molecule has 0 unspecified atom stereocenters. The Morgan fingerprint density at radius 2 is 1.71 bits per heavy atom. The van der Waals surface area contributed by atoms with Gasteiger partial charge in [-0.1, -0.05) is 24.3 Å². The van der Waals surface area contributed by atoms with Crippen molar-refractivity contribution >= 4 is 13.1 Å². The molecule has 0 heterocycles. The molecule has 0 aliphatic carbocycles. The summed E-state index contributed by atoms with van der Waals surface area (Å²) in [4.78, 5) is 0. The summed E-state index contributed by atoms with van der Waals surface area (Å²) in [7, 11) is 0. The van der Waals surface area contributed by atoms with Crippen LogP contribution in [-0.4, -0.2) is 12.1 Å². The molecule has 14 heavy (non-hydrogen) atoms. The predicted octanol–water partition coefficient (Wildman–Crippen LogP) is -0.204. The van der Waals surface area contributed by atoms with Crippen molar-refractivity contribution in [1.29, 1.82) is 0 Å². The van der Waals surface area contributed by atoms with Crippen molar-refractivity contribution < 1.29 is 69.4 Å². The van der Waals surface area contributed by atoms with Crippen LogP contribution in [0.25, 0.3) is 6.08 Å². The summed E-state index contributed by atoms with van der Waals surface area (Å²) in [6.07, 6.45) is 0.856. The quantitative estimate of drug-likeness (QED) is 0.692. The predicted molar refractivity (Wildman–Crippen MR) is 46.2 cm³/mol. The van der Waals surface area contributed by atoms with Crippen LogP contribution >= 0.6 is 0 Å². The van der Waals surface area contributed by atoms with Crippen molar-refractivity contribution in [2.45, 2.75) is 0 Å². The Balaban J connectivity index is 0.00000169. The first kappa shape index (κ1) is 14.3. The molecular weight excluding hydrogens is 219 g/mol. The third-order valence-electron chi connectivity index (χ3n) is 1.43. The summed E-state index contributed by atoms with van der Waals surface area (Å²) in [6.45, 7) is -4.93. The molecule has 0 spiro atoms. The van der Waals surface area contributed by atoms with Crippen molar-refractivity contribution in [1.82, 2.24) is 0 Å². The van der Waals surface area contributed by atoms with Gasteiger partial charge in [-0.15, -0.1) is 5.98 Å². The van der Waals surface area contributed by atoms with E-state index in [0.717, 1.165) is 6.08 Å². The zero-order valence-electron chi connectivity index (χ0n) is 7.62. The second-order valence-corrected chi connectivity index (χ2v) is 2.54. The van der Waals surface area contributed by atoms with Gasteiger partial charge >= 0.3 is 58.4 Å². The summed E-state index contributed by atoms with van der Waals surface area (Å²) in [5.74, 6) is -0.00602. The molecular formula is C8H7BF3KO. The van der Waals surface area contributed by atoms with Gasteiger partial charge in [-0.3, -0.25) is 0 Å². The minimum absolute atomic E-state index is 0. The smallest absolute Gasteiger partial charge is 0.507 e. The standard InChI is InChI=1S/C8H7BF3O.K/c10-9(11,12)6-5-7-3-1-2-4-8(7)13;/h1-6,13H;/q-1;+1/b6-5+;. The van der Waals surface area contributed by atoms with E-state index in [4.69, 9.17) is 5.11 Å². The number of hydrogen-bond donors (Lipinski definition) is 1. The van der Waals surface area contributed by atoms with E-state index in [0.29, 0.717) is 0 Å². The Kier molecular flexibility index (Phi) is 6.08. The summed E-state index contributed by atoms with van der Waals surface area (Å²) >= 11 is 0. The van der Waals surface area contributed by atoms with E-state index < -0.39 is 6.98 Å². The average Bonchev–Trinajstić information content (AvgIpc) is 2.01. The number of para-hydroxylation sites is 1. The molecule has 6 heteroatoms. The van der Waals surface area contributed by atoms with Crippen LogP contribution < -0.4 is 51.4 Å². The number of phenolic OH excluding ortho intramolecular Hbond substituents is 1. The third-order valence-corrected chi connectivity index (χ3v) is 1.43. The van der Waals surface area contributed by atoms with Crippen LogP contribution in [0, 0.1) is 0 Å². The van der Waals surface area contributed by atoms with Crippen molar-refractivity contribution in [3.05, 3.63) is 35.8 Å². The molecule has 1 nitrogen and oxygen atoms in total. The van der Waals surface area contributed by atoms with Gasteiger partial charge in [-0.05, 0) is 6.07 Å². The average molecular weight is 226 g/mol. The van der Waals surface area contributed by atoms with Gasteiger partial charge in [0.05, 0.1) is 0 Å². The van der Waals surface area contributed by atoms with E-state index in [1.54, 1.807) is 12.1 Å². The van der Waals surface area contributed by atoms with E-state index in [2.05, 4.69) is 0 Å². The van der Waals surface area contributed by atoms with E-state index in [-0.39, 0.29) is 68.7 Å². The minimum Gasteiger partial charge on any atom is -0.507 e. The minimum atomic E-state index is -4.93. The first-order valence-corrected chi connectivity index (χ1v) is 3.66. The van der Waals surface area contributed by atoms with E-state index in [9.17, 15) is 12.9 Å². The molecule has 0 saturated heterocycles. The number of phenols is 1. The van der Waals surface area contributed by atoms with Gasteiger partial charge in [0.2, 0.25) is 0 Å². The fraction of sp³-hybridized carbons (Fsp3) is 0. The van der Waals surface area contributed by atoms with E-state index in [1.807, 2.05) is 0 Å². The molecule has 70 valence electrons. The van der Waals surface area contributed by atoms with Gasteiger partial charge in [0.25, 0.3) is 0 Å². The van der Waals surface area contributed by atoms with Crippen molar-refractivity contribution in [3.8, 4) is 5.75 Å². The Morgan fingerprint density at radius 1 is 1.14 bits per heavy atom. The largest absolute Gasteiger partial charge is 1.00 e. The number of halogens is 3. The summed E-state index contributed by atoms with van der Waals surface area (Å²) in [5, 5.41) is 9.10. The Hall–Kier alpha value is 0.251.